The Morgan fingerprint density at radius 2 is 0.598 bits per heavy atom. The average molecular weight is 1790 g/mol. The van der Waals surface area contributed by atoms with Crippen LogP contribution in [0.4, 0.5) is 9.59 Å². The molecule has 0 saturated carbocycles. The van der Waals surface area contributed by atoms with Crippen LogP contribution in [0.3, 0.4) is 0 Å². The number of hydrogen-bond acceptors (Lipinski definition) is 26. The third kappa shape index (κ3) is 19.8. The van der Waals surface area contributed by atoms with Crippen LogP contribution >= 0.6 is 0 Å². The summed E-state index contributed by atoms with van der Waals surface area (Å²) in [5.41, 5.74) is 13.6. The summed E-state index contributed by atoms with van der Waals surface area (Å²) in [7, 11) is 13.9. The summed E-state index contributed by atoms with van der Waals surface area (Å²) >= 11 is 0. The predicted octanol–water partition coefficient (Wildman–Crippen LogP) is 15.9. The van der Waals surface area contributed by atoms with Gasteiger partial charge in [-0.1, -0.05) is 136 Å². The van der Waals surface area contributed by atoms with E-state index in [1.54, 1.807) is 61.7 Å². The Morgan fingerprint density at radius 1 is 0.341 bits per heavy atom. The van der Waals surface area contributed by atoms with E-state index in [4.69, 9.17) is 47.4 Å². The third-order valence-electron chi connectivity index (χ3n) is 24.3. The first-order valence-electron chi connectivity index (χ1n) is 43.8. The molecule has 20 rings (SSSR count). The number of carbonyl (C=O) groups excluding carboxylic acids is 2. The van der Waals surface area contributed by atoms with Gasteiger partial charge in [0.05, 0.1) is 64.8 Å². The number of nitrogens with zero attached hydrogens (tertiary/aromatic N) is 18. The number of carbonyl (C=O) groups is 2. The Labute approximate surface area is 769 Å². The highest BCUT2D eigenvalue weighted by atomic mass is 16.6. The van der Waals surface area contributed by atoms with Gasteiger partial charge in [-0.2, -0.15) is 9.59 Å². The lowest BCUT2D eigenvalue weighted by atomic mass is 9.82. The van der Waals surface area contributed by atoms with Crippen molar-refractivity contribution in [3.8, 4) is 91.5 Å². The number of likely N-dealkylation sites (tertiary alicyclic amines) is 2. The Balaban J connectivity index is 0.000000135. The number of piperidine rings is 4. The van der Waals surface area contributed by atoms with E-state index in [0.29, 0.717) is 69.3 Å². The Hall–Kier alpha value is -14.1. The van der Waals surface area contributed by atoms with E-state index in [-0.39, 0.29) is 38.2 Å². The second-order valence-electron chi connectivity index (χ2n) is 35.4. The minimum Gasteiger partial charge on any atom is -0.496 e. The predicted molar refractivity (Wildman–Crippen MR) is 502 cm³/mol. The van der Waals surface area contributed by atoms with Crippen molar-refractivity contribution in [3.05, 3.63) is 239 Å². The molecule has 32 heteroatoms. The van der Waals surface area contributed by atoms with Crippen molar-refractivity contribution in [3.63, 3.8) is 0 Å². The maximum absolute atomic E-state index is 12.6. The van der Waals surface area contributed by atoms with Crippen molar-refractivity contribution >= 4 is 34.5 Å². The number of hydrogen-bond donors (Lipinski definition) is 2. The fraction of sp³-hybridized carbons (Fsp3) is 0.380. The number of aromatic nitrogens is 16. The topological polar surface area (TPSA) is 331 Å². The molecule has 0 radical (unpaired) electrons. The molecule has 132 heavy (non-hydrogen) atoms. The van der Waals surface area contributed by atoms with Gasteiger partial charge in [0, 0.05) is 114 Å². The number of aryl methyl sites for hydroxylation is 4. The highest BCUT2D eigenvalue weighted by Crippen LogP contribution is 2.53. The van der Waals surface area contributed by atoms with Gasteiger partial charge in [-0.05, 0) is 216 Å². The minimum atomic E-state index is -0.529. The highest BCUT2D eigenvalue weighted by molar-refractivity contribution is 5.92. The highest BCUT2D eigenvalue weighted by Gasteiger charge is 2.46. The minimum absolute atomic E-state index is 0. The quantitative estimate of drug-likeness (QED) is 0.115. The molecule has 4 fully saturated rings. The second kappa shape index (κ2) is 38.5. The molecule has 32 nitrogen and oxygen atoms in total. The zero-order chi connectivity index (χ0) is 90.7. The summed E-state index contributed by atoms with van der Waals surface area (Å²) in [4.78, 5) is 31.7. The number of methoxy groups -OCH3 is 4. The van der Waals surface area contributed by atoms with Crippen molar-refractivity contribution in [1.29, 1.82) is 0 Å². The van der Waals surface area contributed by atoms with Crippen molar-refractivity contribution in [2.75, 3.05) is 80.8 Å². The van der Waals surface area contributed by atoms with Gasteiger partial charge in [0.15, 0.2) is 11.6 Å². The molecule has 2 amide bonds. The Morgan fingerprint density at radius 3 is 0.833 bits per heavy atom. The van der Waals surface area contributed by atoms with Gasteiger partial charge in [0.2, 0.25) is 11.6 Å². The van der Waals surface area contributed by atoms with Gasteiger partial charge in [0.1, 0.15) is 79.6 Å². The lowest BCUT2D eigenvalue weighted by Crippen LogP contribution is -2.50. The molecule has 4 spiro atoms. The number of tetrazole rings is 4. The monoisotopic (exact) mass is 1790 g/mol. The number of fused-ring (bicyclic) bond motifs is 4. The van der Waals surface area contributed by atoms with Crippen LogP contribution in [0.2, 0.25) is 0 Å². The van der Waals surface area contributed by atoms with Crippen LogP contribution in [-0.4, -0.2) is 217 Å². The number of rotatable bonds is 12. The molecule has 8 aliphatic rings. The first kappa shape index (κ1) is 92.6. The Kier molecular flexibility index (Phi) is 27.0. The lowest BCUT2D eigenvalue weighted by molar-refractivity contribution is -0.00240. The van der Waals surface area contributed by atoms with Crippen LogP contribution in [0, 0.1) is 0 Å². The van der Waals surface area contributed by atoms with Crippen LogP contribution in [0.15, 0.2) is 194 Å². The molecular formula is C100H116N20O12. The van der Waals surface area contributed by atoms with E-state index in [1.807, 2.05) is 165 Å². The maximum Gasteiger partial charge on any atom is 0.410 e. The number of amides is 2. The number of ether oxygens (including phenoxy) is 10. The summed E-state index contributed by atoms with van der Waals surface area (Å²) in [5.74, 6) is 9.08. The van der Waals surface area contributed by atoms with Crippen LogP contribution in [0.25, 0.3) is 67.8 Å². The van der Waals surface area contributed by atoms with Crippen molar-refractivity contribution < 1.29 is 57.0 Å². The molecule has 12 aromatic rings. The van der Waals surface area contributed by atoms with Gasteiger partial charge in [-0.15, -0.1) is 30.6 Å². The molecule has 0 bridgehead atoms. The molecule has 2 N–H and O–H groups in total. The summed E-state index contributed by atoms with van der Waals surface area (Å²) in [6.45, 7) is 17.3. The fourth-order valence-electron chi connectivity index (χ4n) is 17.8. The van der Waals surface area contributed by atoms with Crippen molar-refractivity contribution in [2.24, 2.45) is 28.2 Å². The van der Waals surface area contributed by atoms with Crippen LogP contribution < -0.4 is 48.5 Å². The van der Waals surface area contributed by atoms with Crippen LogP contribution in [0.5, 0.6) is 46.0 Å². The fourth-order valence-corrected chi connectivity index (χ4v) is 17.8. The first-order chi connectivity index (χ1) is 62.7. The molecular weight excluding hydrogens is 1670 g/mol. The van der Waals surface area contributed by atoms with Crippen molar-refractivity contribution in [2.45, 2.75) is 141 Å². The molecule has 0 aliphatic carbocycles. The van der Waals surface area contributed by atoms with Gasteiger partial charge >= 0.3 is 12.2 Å². The molecule has 4 aromatic heterocycles. The second-order valence-corrected chi connectivity index (χ2v) is 35.4. The summed E-state index contributed by atoms with van der Waals surface area (Å²) in [5, 5.41) is 55.0. The zero-order valence-corrected chi connectivity index (χ0v) is 75.7. The molecule has 8 aromatic carbocycles. The normalized spacial score (nSPS) is 16.7. The molecule has 12 heterocycles. The molecule has 8 aliphatic heterocycles. The van der Waals surface area contributed by atoms with Crippen LogP contribution in [-0.2, 0) is 37.7 Å². The maximum atomic E-state index is 12.6. The summed E-state index contributed by atoms with van der Waals surface area (Å²) in [6.07, 6.45) is 14.8. The molecule has 0 atom stereocenters. The zero-order valence-electron chi connectivity index (χ0n) is 75.7. The van der Waals surface area contributed by atoms with Crippen LogP contribution in [0.1, 0.15) is 152 Å². The first-order valence-corrected chi connectivity index (χ1v) is 43.8. The summed E-state index contributed by atoms with van der Waals surface area (Å²) in [6, 6.07) is 56.6. The molecule has 0 unspecified atom stereocenters. The van der Waals surface area contributed by atoms with Gasteiger partial charge in [-0.25, -0.2) is 19.0 Å². The van der Waals surface area contributed by atoms with Crippen molar-refractivity contribution in [1.82, 2.24) is 101 Å². The number of benzene rings is 8. The van der Waals surface area contributed by atoms with E-state index in [2.05, 4.69) is 157 Å². The van der Waals surface area contributed by atoms with Gasteiger partial charge in [0.25, 0.3) is 0 Å². The lowest BCUT2D eigenvalue weighted by Gasteiger charge is -2.43. The SMILES string of the molecule is C.C.COc1cccc2c1C(c1ccc(-c3nnn(C)n3)cc1)=CC1(CCN(C(=O)OC(C)(C)C)CC1)O2.COc1cccc2c1C(c1ccc(-c3nnn(C)n3)cc1)=CC1(CCNCC1)O2.COc1cccc2c1C(c1ccc(-c3nnnn3C)cc1)=CC1(CCN(C(=O)OC(C)(C)C)CC1)O2.COc1cccc2c1C(c1ccc(-c3nnnn3C)cc1)=CC1(CCNCC1)O2. The summed E-state index contributed by atoms with van der Waals surface area (Å²) < 4.78 is 63.5. The van der Waals surface area contributed by atoms with E-state index >= 15 is 0 Å². The van der Waals surface area contributed by atoms with Gasteiger partial charge < -0.3 is 67.8 Å². The molecule has 4 saturated heterocycles. The smallest absolute Gasteiger partial charge is 0.410 e. The van der Waals surface area contributed by atoms with E-state index in [0.717, 1.165) is 193 Å². The largest absolute Gasteiger partial charge is 0.496 e. The van der Waals surface area contributed by atoms with E-state index in [9.17, 15) is 9.59 Å². The van der Waals surface area contributed by atoms with E-state index < -0.39 is 22.4 Å². The molecule has 688 valence electrons. The number of nitrogens with one attached hydrogen (secondary N) is 2. The standard InChI is InChI=1S/2C27H31N5O4.2C22H23N5O2.2CH4/c1-26(2,3)36-25(33)32-15-13-27(14-16-32)17-20(23-21(34-5)7-6-8-22(23)35-27)18-9-11-19(12-10-18)24-28-29-30-31(24)4;1-26(2,3)36-25(33)32-15-13-27(14-16-32)17-20(23-21(34-5)7-6-8-22(23)35-27)18-9-11-19(12-10-18)24-28-30-31(4)29-24;1-27-21(24-25-26-27)16-8-6-15(7-9-16)17-14-22(10-12-23-13-11-22)29-19-5-3-4-18(28-2)20(17)19;1-27-25-21(24-26-27)16-8-6-15(7-9-16)17-14-22(10-12-23-13-11-22)29-19-5-3-4-18(28-2)20(17)19;;/h2*6-12,17H,13-16H2,1-5H3;2*3-9,14,23H,10-13H2,1-2H3;2*1H4. The average Bonchev–Trinajstić information content (AvgIpc) is 0.825. The van der Waals surface area contributed by atoms with Gasteiger partial charge in [-0.3, -0.25) is 0 Å². The van der Waals surface area contributed by atoms with E-state index in [1.165, 1.54) is 9.59 Å². The Bertz CT molecular complexity index is 6230. The third-order valence-corrected chi connectivity index (χ3v) is 24.3.